The molecule has 3 aromatic rings. The highest BCUT2D eigenvalue weighted by molar-refractivity contribution is 5.96. The fourth-order valence-corrected chi connectivity index (χ4v) is 5.25. The lowest BCUT2D eigenvalue weighted by Gasteiger charge is -2.31. The summed E-state index contributed by atoms with van der Waals surface area (Å²) in [7, 11) is 0. The van der Waals surface area contributed by atoms with E-state index in [1.807, 2.05) is 87.5 Å². The summed E-state index contributed by atoms with van der Waals surface area (Å²) >= 11 is 0. The lowest BCUT2D eigenvalue weighted by molar-refractivity contribution is -0.149. The van der Waals surface area contributed by atoms with E-state index in [4.69, 9.17) is 9.47 Å². The molecule has 3 amide bonds. The third-order valence-electron chi connectivity index (χ3n) is 7.33. The van der Waals surface area contributed by atoms with Crippen LogP contribution in [0.2, 0.25) is 0 Å². The Hall–Kier alpha value is -4.21. The van der Waals surface area contributed by atoms with Gasteiger partial charge in [0.1, 0.15) is 12.7 Å². The van der Waals surface area contributed by atoms with Crippen molar-refractivity contribution in [1.29, 1.82) is 0 Å². The zero-order chi connectivity index (χ0) is 30.4. The fraction of sp³-hybridized carbons (Fsp3) is 0.364. The summed E-state index contributed by atoms with van der Waals surface area (Å²) in [5.74, 6) is -0.649. The van der Waals surface area contributed by atoms with Gasteiger partial charge in [0.25, 0.3) is 5.91 Å². The Morgan fingerprint density at radius 1 is 1.00 bits per heavy atom. The monoisotopic (exact) mass is 574 g/mol. The van der Waals surface area contributed by atoms with Crippen LogP contribution in [0.1, 0.15) is 56.5 Å². The number of rotatable bonds is 10. The number of carbonyl (C=O) groups is 3. The first-order valence-electron chi connectivity index (χ1n) is 14.0. The van der Waals surface area contributed by atoms with Crippen molar-refractivity contribution in [2.24, 2.45) is 5.41 Å². The van der Waals surface area contributed by atoms with Crippen LogP contribution in [0.3, 0.4) is 0 Å². The third-order valence-corrected chi connectivity index (χ3v) is 7.33. The van der Waals surface area contributed by atoms with Crippen LogP contribution in [0, 0.1) is 5.41 Å². The Morgan fingerprint density at radius 3 is 2.31 bits per heavy atom. The predicted molar refractivity (Wildman–Crippen MR) is 158 cm³/mol. The predicted octanol–water partition coefficient (Wildman–Crippen LogP) is 5.74. The topological polar surface area (TPSA) is 125 Å². The number of amides is 3. The first kappa shape index (κ1) is 30.7. The van der Waals surface area contributed by atoms with E-state index in [9.17, 15) is 24.6 Å². The van der Waals surface area contributed by atoms with Gasteiger partial charge in [-0.15, -0.1) is 0 Å². The molecule has 42 heavy (non-hydrogen) atoms. The van der Waals surface area contributed by atoms with E-state index in [-0.39, 0.29) is 18.6 Å². The van der Waals surface area contributed by atoms with E-state index >= 15 is 0 Å². The summed E-state index contributed by atoms with van der Waals surface area (Å²) in [6, 6.07) is 23.3. The summed E-state index contributed by atoms with van der Waals surface area (Å²) < 4.78 is 10.9. The fourth-order valence-electron chi connectivity index (χ4n) is 5.25. The molecule has 1 saturated heterocycles. The van der Waals surface area contributed by atoms with Gasteiger partial charge in [0.2, 0.25) is 0 Å². The van der Waals surface area contributed by atoms with Gasteiger partial charge in [-0.1, -0.05) is 93.6 Å². The number of aliphatic hydroxyl groups excluding tert-OH is 1. The molecule has 4 unspecified atom stereocenters. The van der Waals surface area contributed by atoms with Crippen molar-refractivity contribution in [1.82, 2.24) is 10.2 Å². The van der Waals surface area contributed by atoms with Gasteiger partial charge < -0.3 is 25.0 Å². The first-order valence-corrected chi connectivity index (χ1v) is 14.0. The zero-order valence-electron chi connectivity index (χ0n) is 24.3. The maximum absolute atomic E-state index is 13.6. The molecule has 0 aliphatic carbocycles. The van der Waals surface area contributed by atoms with Crippen LogP contribution in [0.5, 0.6) is 0 Å². The minimum atomic E-state index is -1.33. The van der Waals surface area contributed by atoms with E-state index in [1.54, 1.807) is 19.1 Å². The molecule has 0 spiro atoms. The Labute approximate surface area is 246 Å². The van der Waals surface area contributed by atoms with Crippen LogP contribution < -0.4 is 5.32 Å². The lowest BCUT2D eigenvalue weighted by Crippen LogP contribution is -2.48. The summed E-state index contributed by atoms with van der Waals surface area (Å²) in [4.78, 5) is 38.7. The molecule has 0 saturated carbocycles. The second-order valence-electron chi connectivity index (χ2n) is 11.4. The largest absolute Gasteiger partial charge is 0.465 e. The zero-order valence-corrected chi connectivity index (χ0v) is 24.3. The Balaban J connectivity index is 1.54. The highest BCUT2D eigenvalue weighted by Crippen LogP contribution is 2.35. The summed E-state index contributed by atoms with van der Waals surface area (Å²) in [6.45, 7) is 7.86. The molecule has 9 nitrogen and oxygen atoms in total. The van der Waals surface area contributed by atoms with E-state index in [1.165, 1.54) is 0 Å². The average Bonchev–Trinajstić information content (AvgIpc) is 3.33. The molecule has 1 aliphatic rings. The van der Waals surface area contributed by atoms with Crippen molar-refractivity contribution in [3.05, 3.63) is 95.6 Å². The van der Waals surface area contributed by atoms with Crippen LogP contribution in [-0.4, -0.2) is 58.6 Å². The Morgan fingerprint density at radius 2 is 1.69 bits per heavy atom. The van der Waals surface area contributed by atoms with E-state index in [0.717, 1.165) is 27.2 Å². The van der Waals surface area contributed by atoms with Gasteiger partial charge >= 0.3 is 12.2 Å². The molecule has 3 N–H and O–H groups in total. The first-order chi connectivity index (χ1) is 20.0. The van der Waals surface area contributed by atoms with Gasteiger partial charge in [0, 0.05) is 6.61 Å². The molecule has 4 atom stereocenters. The Bertz CT molecular complexity index is 1390. The van der Waals surface area contributed by atoms with Gasteiger partial charge in [-0.3, -0.25) is 4.79 Å². The minimum absolute atomic E-state index is 0.0697. The number of hydrogen-bond donors (Lipinski definition) is 3. The van der Waals surface area contributed by atoms with Crippen LogP contribution in [0.4, 0.5) is 9.59 Å². The molecule has 0 bridgehead atoms. The number of benzene rings is 3. The van der Waals surface area contributed by atoms with E-state index in [0.29, 0.717) is 12.0 Å². The SMILES string of the molecule is CCOC(C(=O)N1C(=O)OCC1Cc1ccccc1)C(O)c1ccc(-c2cccc(C(NC(=O)O)C(C)(C)C)c2)cc1. The van der Waals surface area contributed by atoms with E-state index < -0.39 is 42.4 Å². The van der Waals surface area contributed by atoms with Gasteiger partial charge in [0.15, 0.2) is 6.10 Å². The number of carbonyl (C=O) groups excluding carboxylic acids is 2. The highest BCUT2D eigenvalue weighted by atomic mass is 16.6. The molecule has 9 heteroatoms. The molecule has 1 aliphatic heterocycles. The third kappa shape index (κ3) is 7.16. The number of imide groups is 1. The van der Waals surface area contributed by atoms with Crippen molar-refractivity contribution < 1.29 is 34.1 Å². The summed E-state index contributed by atoms with van der Waals surface area (Å²) in [6.07, 6.45) is -4.04. The molecule has 0 aromatic heterocycles. The van der Waals surface area contributed by atoms with Crippen LogP contribution in [-0.2, 0) is 20.7 Å². The molecule has 0 radical (unpaired) electrons. The van der Waals surface area contributed by atoms with Crippen LogP contribution >= 0.6 is 0 Å². The number of cyclic esters (lactones) is 1. The normalized spacial score (nSPS) is 17.3. The molecular weight excluding hydrogens is 536 g/mol. The maximum Gasteiger partial charge on any atom is 0.417 e. The number of carboxylic acid groups (broad SMARTS) is 1. The van der Waals surface area contributed by atoms with Gasteiger partial charge in [-0.05, 0) is 52.6 Å². The number of aliphatic hydroxyl groups is 1. The van der Waals surface area contributed by atoms with Crippen molar-refractivity contribution >= 4 is 18.1 Å². The second kappa shape index (κ2) is 13.2. The quantitative estimate of drug-likeness (QED) is 0.282. The maximum atomic E-state index is 13.6. The van der Waals surface area contributed by atoms with Crippen molar-refractivity contribution in [2.75, 3.05) is 13.2 Å². The molecule has 3 aromatic carbocycles. The van der Waals surface area contributed by atoms with Gasteiger partial charge in [-0.25, -0.2) is 14.5 Å². The van der Waals surface area contributed by atoms with Gasteiger partial charge in [0.05, 0.1) is 12.1 Å². The van der Waals surface area contributed by atoms with Crippen LogP contribution in [0.15, 0.2) is 78.9 Å². The molecule has 1 heterocycles. The van der Waals surface area contributed by atoms with Crippen molar-refractivity contribution in [2.45, 2.75) is 58.4 Å². The van der Waals surface area contributed by atoms with Crippen molar-refractivity contribution in [3.63, 3.8) is 0 Å². The number of ether oxygens (including phenoxy) is 2. The lowest BCUT2D eigenvalue weighted by atomic mass is 9.81. The summed E-state index contributed by atoms with van der Waals surface area (Å²) in [5.41, 5.74) is 3.61. The summed E-state index contributed by atoms with van der Waals surface area (Å²) in [5, 5.41) is 23.3. The highest BCUT2D eigenvalue weighted by Gasteiger charge is 2.43. The van der Waals surface area contributed by atoms with Gasteiger partial charge in [-0.2, -0.15) is 0 Å². The molecule has 222 valence electrons. The molecule has 4 rings (SSSR count). The van der Waals surface area contributed by atoms with Crippen molar-refractivity contribution in [3.8, 4) is 11.1 Å². The molecular formula is C33H38N2O7. The number of nitrogens with one attached hydrogen (secondary N) is 1. The average molecular weight is 575 g/mol. The smallest absolute Gasteiger partial charge is 0.417 e. The minimum Gasteiger partial charge on any atom is -0.465 e. The molecule has 1 fully saturated rings. The van der Waals surface area contributed by atoms with Crippen LogP contribution in [0.25, 0.3) is 11.1 Å². The Kier molecular flexibility index (Phi) is 9.65. The number of hydrogen-bond acceptors (Lipinski definition) is 6. The standard InChI is InChI=1S/C33H38N2O7/c1-5-41-28(30(37)35-26(20-42-32(35)40)18-21-10-7-6-8-11-21)27(36)23-16-14-22(15-17-23)24-12-9-13-25(19-24)29(33(2,3)4)34-31(38)39/h6-17,19,26-29,34,36H,5,18,20H2,1-4H3,(H,38,39). The second-order valence-corrected chi connectivity index (χ2v) is 11.4. The number of nitrogens with zero attached hydrogens (tertiary/aromatic N) is 1. The van der Waals surface area contributed by atoms with E-state index in [2.05, 4.69) is 5.32 Å².